The Labute approximate surface area is 159 Å². The van der Waals surface area contributed by atoms with Crippen LogP contribution in [0.1, 0.15) is 15.9 Å². The third-order valence-corrected chi connectivity index (χ3v) is 3.77. The molecule has 0 aliphatic heterocycles. The number of nitro groups is 1. The van der Waals surface area contributed by atoms with Crippen LogP contribution in [-0.4, -0.2) is 31.0 Å². The molecule has 2 aromatic rings. The van der Waals surface area contributed by atoms with Gasteiger partial charge in [0, 0.05) is 24.3 Å². The van der Waals surface area contributed by atoms with Crippen LogP contribution < -0.4 is 10.1 Å². The minimum atomic E-state index is -0.628. The van der Waals surface area contributed by atoms with Gasteiger partial charge in [-0.1, -0.05) is 23.7 Å². The maximum Gasteiger partial charge on any atom is 0.341 e. The molecule has 140 valence electrons. The number of nitro benzene ring substituents is 1. The molecule has 0 saturated heterocycles. The lowest BCUT2D eigenvalue weighted by molar-refractivity contribution is -0.384. The molecule has 0 saturated carbocycles. The van der Waals surface area contributed by atoms with Crippen LogP contribution in [0, 0.1) is 10.1 Å². The second kappa shape index (κ2) is 8.81. The average Bonchev–Trinajstić information content (AvgIpc) is 2.67. The van der Waals surface area contributed by atoms with Crippen molar-refractivity contribution in [3.63, 3.8) is 0 Å². The quantitative estimate of drug-likeness (QED) is 0.349. The molecule has 0 fully saturated rings. The summed E-state index contributed by atoms with van der Waals surface area (Å²) < 4.78 is 9.76. The van der Waals surface area contributed by atoms with Crippen LogP contribution in [0.3, 0.4) is 0 Å². The summed E-state index contributed by atoms with van der Waals surface area (Å²) in [4.78, 5) is 34.1. The molecule has 1 N–H and O–H groups in total. The van der Waals surface area contributed by atoms with Crippen LogP contribution in [0.15, 0.2) is 42.5 Å². The van der Waals surface area contributed by atoms with E-state index in [2.05, 4.69) is 10.1 Å². The van der Waals surface area contributed by atoms with Crippen LogP contribution in [0.2, 0.25) is 5.02 Å². The lowest BCUT2D eigenvalue weighted by Gasteiger charge is -2.11. The van der Waals surface area contributed by atoms with Crippen molar-refractivity contribution in [1.29, 1.82) is 0 Å². The van der Waals surface area contributed by atoms with E-state index in [1.165, 1.54) is 56.7 Å². The van der Waals surface area contributed by atoms with Gasteiger partial charge in [0.1, 0.15) is 11.3 Å². The van der Waals surface area contributed by atoms with Gasteiger partial charge < -0.3 is 14.8 Å². The molecule has 0 aliphatic rings. The van der Waals surface area contributed by atoms with Crippen molar-refractivity contribution >= 4 is 40.9 Å². The summed E-state index contributed by atoms with van der Waals surface area (Å²) in [5.74, 6) is -0.960. The smallest absolute Gasteiger partial charge is 0.341 e. The molecule has 0 aromatic heterocycles. The minimum absolute atomic E-state index is 0.0799. The fraction of sp³-hybridized carbons (Fsp3) is 0.111. The monoisotopic (exact) mass is 390 g/mol. The van der Waals surface area contributed by atoms with E-state index in [4.69, 9.17) is 16.3 Å². The molecule has 1 amide bonds. The Morgan fingerprint density at radius 2 is 1.96 bits per heavy atom. The zero-order chi connectivity index (χ0) is 20.0. The predicted molar refractivity (Wildman–Crippen MR) is 100 cm³/mol. The molecular formula is C18H15ClN2O6. The van der Waals surface area contributed by atoms with Crippen LogP contribution >= 0.6 is 11.6 Å². The summed E-state index contributed by atoms with van der Waals surface area (Å²) in [5, 5.41) is 13.4. The van der Waals surface area contributed by atoms with Crippen molar-refractivity contribution in [3.8, 4) is 5.75 Å². The number of non-ortho nitro benzene ring substituents is 1. The number of benzene rings is 2. The summed E-state index contributed by atoms with van der Waals surface area (Å²) in [6, 6.07) is 8.55. The number of anilines is 1. The number of amides is 1. The second-order valence-corrected chi connectivity index (χ2v) is 5.61. The molecule has 0 heterocycles. The Morgan fingerprint density at radius 1 is 1.22 bits per heavy atom. The van der Waals surface area contributed by atoms with Gasteiger partial charge in [-0.15, -0.1) is 0 Å². The lowest BCUT2D eigenvalue weighted by atomic mass is 10.1. The highest BCUT2D eigenvalue weighted by Gasteiger charge is 2.17. The Morgan fingerprint density at radius 3 is 2.59 bits per heavy atom. The minimum Gasteiger partial charge on any atom is -0.496 e. The van der Waals surface area contributed by atoms with Crippen molar-refractivity contribution in [2.45, 2.75) is 0 Å². The number of esters is 1. The van der Waals surface area contributed by atoms with Gasteiger partial charge in [0.25, 0.3) is 5.69 Å². The number of carbonyl (C=O) groups excluding carboxylic acids is 2. The van der Waals surface area contributed by atoms with Crippen molar-refractivity contribution in [2.75, 3.05) is 19.5 Å². The first-order valence-electron chi connectivity index (χ1n) is 7.55. The van der Waals surface area contributed by atoms with Gasteiger partial charge in [-0.05, 0) is 17.7 Å². The van der Waals surface area contributed by atoms with E-state index in [1.807, 2.05) is 0 Å². The van der Waals surface area contributed by atoms with Crippen molar-refractivity contribution in [3.05, 3.63) is 68.7 Å². The van der Waals surface area contributed by atoms with Crippen LogP contribution in [0.25, 0.3) is 6.08 Å². The van der Waals surface area contributed by atoms with E-state index in [-0.39, 0.29) is 27.7 Å². The number of rotatable bonds is 6. The Bertz CT molecular complexity index is 926. The van der Waals surface area contributed by atoms with E-state index in [1.54, 1.807) is 6.07 Å². The van der Waals surface area contributed by atoms with Gasteiger partial charge in [0.15, 0.2) is 0 Å². The maximum absolute atomic E-state index is 12.1. The molecule has 2 aromatic carbocycles. The highest BCUT2D eigenvalue weighted by molar-refractivity contribution is 6.34. The molecule has 0 unspecified atom stereocenters. The van der Waals surface area contributed by atoms with Crippen LogP contribution in [-0.2, 0) is 9.53 Å². The Kier molecular flexibility index (Phi) is 6.51. The largest absolute Gasteiger partial charge is 0.496 e. The fourth-order valence-electron chi connectivity index (χ4n) is 2.18. The first kappa shape index (κ1) is 19.9. The number of halogens is 1. The normalized spacial score (nSPS) is 10.5. The molecule has 8 nitrogen and oxygen atoms in total. The molecule has 0 radical (unpaired) electrons. The highest BCUT2D eigenvalue weighted by Crippen LogP contribution is 2.31. The molecule has 2 rings (SSSR count). The maximum atomic E-state index is 12.1. The van der Waals surface area contributed by atoms with Crippen LogP contribution in [0.5, 0.6) is 5.75 Å². The van der Waals surface area contributed by atoms with Gasteiger partial charge in [0.2, 0.25) is 5.91 Å². The zero-order valence-electron chi connectivity index (χ0n) is 14.4. The van der Waals surface area contributed by atoms with Crippen molar-refractivity contribution < 1.29 is 24.0 Å². The third-order valence-electron chi connectivity index (χ3n) is 3.46. The first-order valence-corrected chi connectivity index (χ1v) is 7.93. The number of carbonyl (C=O) groups is 2. The van der Waals surface area contributed by atoms with Gasteiger partial charge in [0.05, 0.1) is 29.9 Å². The van der Waals surface area contributed by atoms with Crippen molar-refractivity contribution in [1.82, 2.24) is 0 Å². The Balaban J connectivity index is 2.19. The summed E-state index contributed by atoms with van der Waals surface area (Å²) in [6.07, 6.45) is 2.63. The van der Waals surface area contributed by atoms with Gasteiger partial charge >= 0.3 is 5.97 Å². The van der Waals surface area contributed by atoms with E-state index in [0.717, 1.165) is 0 Å². The number of nitrogens with one attached hydrogen (secondary N) is 1. The number of hydrogen-bond acceptors (Lipinski definition) is 6. The fourth-order valence-corrected chi connectivity index (χ4v) is 2.39. The highest BCUT2D eigenvalue weighted by atomic mass is 35.5. The third kappa shape index (κ3) is 5.05. The molecule has 27 heavy (non-hydrogen) atoms. The van der Waals surface area contributed by atoms with E-state index in [0.29, 0.717) is 5.56 Å². The molecule has 0 aliphatic carbocycles. The van der Waals surface area contributed by atoms with E-state index < -0.39 is 16.8 Å². The number of hydrogen-bond donors (Lipinski definition) is 1. The second-order valence-electron chi connectivity index (χ2n) is 5.20. The average molecular weight is 391 g/mol. The molecule has 9 heteroatoms. The summed E-state index contributed by atoms with van der Waals surface area (Å²) in [6.45, 7) is 0. The number of nitrogens with zero attached hydrogens (tertiary/aromatic N) is 1. The SMILES string of the molecule is COC(=O)c1cc(Cl)c(NC(=O)C=Cc2cccc([N+](=O)[O-])c2)cc1OC. The first-order chi connectivity index (χ1) is 12.8. The number of methoxy groups -OCH3 is 2. The topological polar surface area (TPSA) is 108 Å². The van der Waals surface area contributed by atoms with Crippen LogP contribution in [0.4, 0.5) is 11.4 Å². The molecule has 0 atom stereocenters. The zero-order valence-corrected chi connectivity index (χ0v) is 15.1. The van der Waals surface area contributed by atoms with Crippen molar-refractivity contribution in [2.24, 2.45) is 0 Å². The molecule has 0 spiro atoms. The summed E-state index contributed by atoms with van der Waals surface area (Å²) in [7, 11) is 2.59. The van der Waals surface area contributed by atoms with Gasteiger partial charge in [-0.2, -0.15) is 0 Å². The standard InChI is InChI=1S/C18H15ClN2O6/c1-26-16-10-15(14(19)9-13(16)18(23)27-2)20-17(22)7-6-11-4-3-5-12(8-11)21(24)25/h3-10H,1-2H3,(H,20,22). The van der Waals surface area contributed by atoms with E-state index in [9.17, 15) is 19.7 Å². The van der Waals surface area contributed by atoms with Gasteiger partial charge in [-0.3, -0.25) is 14.9 Å². The Hall–Kier alpha value is -3.39. The van der Waals surface area contributed by atoms with E-state index >= 15 is 0 Å². The summed E-state index contributed by atoms with van der Waals surface area (Å²) in [5.41, 5.74) is 0.762. The van der Waals surface area contributed by atoms with Gasteiger partial charge in [-0.25, -0.2) is 4.79 Å². The molecule has 0 bridgehead atoms. The number of ether oxygens (including phenoxy) is 2. The lowest BCUT2D eigenvalue weighted by Crippen LogP contribution is -2.10. The summed E-state index contributed by atoms with van der Waals surface area (Å²) >= 11 is 6.10. The predicted octanol–water partition coefficient (Wildman–Crippen LogP) is 3.70. The molecular weight excluding hydrogens is 376 g/mol.